The molecule has 0 bridgehead atoms. The molecule has 2 aliphatic rings. The molecule has 1 aliphatic carbocycles. The first kappa shape index (κ1) is 14.7. The number of carbonyl (C=O) groups excluding carboxylic acids is 2. The summed E-state index contributed by atoms with van der Waals surface area (Å²) in [6.45, 7) is 3.44. The summed E-state index contributed by atoms with van der Waals surface area (Å²) in [5, 5.41) is 3.32. The van der Waals surface area contributed by atoms with Crippen molar-refractivity contribution in [2.24, 2.45) is 0 Å². The molecule has 0 unspecified atom stereocenters. The van der Waals surface area contributed by atoms with Gasteiger partial charge in [-0.2, -0.15) is 8.75 Å². The minimum atomic E-state index is -0.144. The smallest absolute Gasteiger partial charge is 0.196 e. The number of hydrogen-bond donors (Lipinski definition) is 1. The molecule has 2 aromatic carbocycles. The lowest BCUT2D eigenvalue weighted by Crippen LogP contribution is -2.43. The minimum absolute atomic E-state index is 0.114. The zero-order valence-electron chi connectivity index (χ0n) is 13.3. The van der Waals surface area contributed by atoms with Crippen molar-refractivity contribution in [1.29, 1.82) is 0 Å². The van der Waals surface area contributed by atoms with Gasteiger partial charge in [-0.15, -0.1) is 0 Å². The zero-order valence-corrected chi connectivity index (χ0v) is 14.1. The average Bonchev–Trinajstić information content (AvgIpc) is 3.15. The lowest BCUT2D eigenvalue weighted by atomic mass is 9.83. The second kappa shape index (κ2) is 5.44. The zero-order chi connectivity index (χ0) is 17.0. The van der Waals surface area contributed by atoms with Crippen LogP contribution < -0.4 is 10.2 Å². The molecule has 1 aliphatic heterocycles. The Morgan fingerprint density at radius 3 is 2.36 bits per heavy atom. The number of fused-ring (bicyclic) bond motifs is 4. The second-order valence-electron chi connectivity index (χ2n) is 6.22. The predicted molar refractivity (Wildman–Crippen MR) is 95.8 cm³/mol. The van der Waals surface area contributed by atoms with Crippen molar-refractivity contribution in [2.75, 3.05) is 31.1 Å². The summed E-state index contributed by atoms with van der Waals surface area (Å²) in [5.41, 5.74) is 3.90. The number of nitrogens with zero attached hydrogens (tertiary/aromatic N) is 3. The maximum absolute atomic E-state index is 13.0. The van der Waals surface area contributed by atoms with Gasteiger partial charge in [0.05, 0.1) is 23.0 Å². The highest BCUT2D eigenvalue weighted by molar-refractivity contribution is 7.00. The molecule has 2 heterocycles. The number of aromatic nitrogens is 2. The van der Waals surface area contributed by atoms with Gasteiger partial charge >= 0.3 is 0 Å². The highest BCUT2D eigenvalue weighted by Gasteiger charge is 2.34. The van der Waals surface area contributed by atoms with E-state index in [0.717, 1.165) is 43.6 Å². The van der Waals surface area contributed by atoms with E-state index in [4.69, 9.17) is 0 Å². The molecule has 0 saturated carbocycles. The Kier molecular flexibility index (Phi) is 3.19. The van der Waals surface area contributed by atoms with E-state index in [0.29, 0.717) is 33.3 Å². The summed E-state index contributed by atoms with van der Waals surface area (Å²) in [4.78, 5) is 28.2. The van der Waals surface area contributed by atoms with Crippen molar-refractivity contribution in [3.8, 4) is 0 Å². The highest BCUT2D eigenvalue weighted by Crippen LogP contribution is 2.37. The number of ketones is 2. The summed E-state index contributed by atoms with van der Waals surface area (Å²) in [6.07, 6.45) is 0. The molecule has 5 rings (SSSR count). The average molecular weight is 350 g/mol. The van der Waals surface area contributed by atoms with E-state index in [-0.39, 0.29) is 11.6 Å². The van der Waals surface area contributed by atoms with Gasteiger partial charge in [-0.1, -0.05) is 24.3 Å². The molecule has 124 valence electrons. The number of nitrogens with one attached hydrogen (secondary N) is 1. The Morgan fingerprint density at radius 1 is 0.920 bits per heavy atom. The molecular formula is C18H14N4O2S. The van der Waals surface area contributed by atoms with E-state index in [1.807, 2.05) is 6.07 Å². The Morgan fingerprint density at radius 2 is 1.60 bits per heavy atom. The number of rotatable bonds is 1. The van der Waals surface area contributed by atoms with Crippen LogP contribution in [0.15, 0.2) is 30.3 Å². The van der Waals surface area contributed by atoms with Gasteiger partial charge in [-0.05, 0) is 6.07 Å². The molecule has 1 fully saturated rings. The predicted octanol–water partition coefficient (Wildman–Crippen LogP) is 1.88. The van der Waals surface area contributed by atoms with Gasteiger partial charge in [0, 0.05) is 42.9 Å². The number of piperazine rings is 1. The topological polar surface area (TPSA) is 75.2 Å². The molecule has 0 spiro atoms. The maximum Gasteiger partial charge on any atom is 0.196 e. The fourth-order valence-corrected chi connectivity index (χ4v) is 4.20. The molecule has 25 heavy (non-hydrogen) atoms. The SMILES string of the molecule is O=C1c2ccccc2C(=O)c2c1cc(N1CCNCC1)c1nsnc21. The van der Waals surface area contributed by atoms with Crippen LogP contribution in [0.1, 0.15) is 31.8 Å². The van der Waals surface area contributed by atoms with E-state index < -0.39 is 0 Å². The molecule has 1 aromatic heterocycles. The minimum Gasteiger partial charge on any atom is -0.367 e. The second-order valence-corrected chi connectivity index (χ2v) is 6.75. The van der Waals surface area contributed by atoms with E-state index in [1.165, 1.54) is 0 Å². The van der Waals surface area contributed by atoms with Crippen LogP contribution in [0.5, 0.6) is 0 Å². The van der Waals surface area contributed by atoms with Gasteiger partial charge in [0.25, 0.3) is 0 Å². The first-order valence-electron chi connectivity index (χ1n) is 8.19. The molecule has 0 atom stereocenters. The number of benzene rings is 2. The van der Waals surface area contributed by atoms with Gasteiger partial charge in [-0.25, -0.2) is 0 Å². The third kappa shape index (κ3) is 2.06. The van der Waals surface area contributed by atoms with Crippen molar-refractivity contribution in [1.82, 2.24) is 14.1 Å². The first-order chi connectivity index (χ1) is 12.3. The van der Waals surface area contributed by atoms with Crippen molar-refractivity contribution in [3.63, 3.8) is 0 Å². The maximum atomic E-state index is 13.0. The molecule has 7 heteroatoms. The number of hydrogen-bond acceptors (Lipinski definition) is 7. The van der Waals surface area contributed by atoms with Crippen LogP contribution in [0.25, 0.3) is 11.0 Å². The molecular weight excluding hydrogens is 336 g/mol. The van der Waals surface area contributed by atoms with E-state index >= 15 is 0 Å². The summed E-state index contributed by atoms with van der Waals surface area (Å²) in [5.74, 6) is -0.258. The monoisotopic (exact) mass is 350 g/mol. The summed E-state index contributed by atoms with van der Waals surface area (Å²) >= 11 is 1.08. The number of anilines is 1. The third-order valence-corrected chi connectivity index (χ3v) is 5.39. The van der Waals surface area contributed by atoms with Gasteiger partial charge in [0.15, 0.2) is 11.6 Å². The Labute approximate surface area is 147 Å². The fraction of sp³-hybridized carbons (Fsp3) is 0.222. The van der Waals surface area contributed by atoms with Crippen LogP contribution in [-0.4, -0.2) is 46.5 Å². The van der Waals surface area contributed by atoms with Gasteiger partial charge < -0.3 is 10.2 Å². The third-order valence-electron chi connectivity index (χ3n) is 4.86. The lowest BCUT2D eigenvalue weighted by Gasteiger charge is -2.30. The Balaban J connectivity index is 1.78. The first-order valence-corrected chi connectivity index (χ1v) is 8.92. The van der Waals surface area contributed by atoms with Crippen molar-refractivity contribution in [2.45, 2.75) is 0 Å². The summed E-state index contributed by atoms with van der Waals surface area (Å²) in [7, 11) is 0. The van der Waals surface area contributed by atoms with Crippen LogP contribution in [0.2, 0.25) is 0 Å². The highest BCUT2D eigenvalue weighted by atomic mass is 32.1. The van der Waals surface area contributed by atoms with Gasteiger partial charge in [-0.3, -0.25) is 9.59 Å². The standard InChI is InChI=1S/C18H14N4O2S/c23-17-10-3-1-2-4-11(10)18(24)14-12(17)9-13(15-16(14)21-25-20-15)22-7-5-19-6-8-22/h1-4,9,19H,5-8H2. The van der Waals surface area contributed by atoms with Crippen LogP contribution in [0.3, 0.4) is 0 Å². The van der Waals surface area contributed by atoms with E-state index in [9.17, 15) is 9.59 Å². The molecule has 1 saturated heterocycles. The van der Waals surface area contributed by atoms with Gasteiger partial charge in [0.2, 0.25) is 0 Å². The molecule has 0 radical (unpaired) electrons. The molecule has 3 aromatic rings. The molecule has 6 nitrogen and oxygen atoms in total. The molecule has 1 N–H and O–H groups in total. The molecule has 0 amide bonds. The quantitative estimate of drug-likeness (QED) is 0.565. The Bertz CT molecular complexity index is 1040. The van der Waals surface area contributed by atoms with Crippen molar-refractivity contribution < 1.29 is 9.59 Å². The summed E-state index contributed by atoms with van der Waals surface area (Å²) < 4.78 is 8.78. The van der Waals surface area contributed by atoms with E-state index in [2.05, 4.69) is 19.0 Å². The van der Waals surface area contributed by atoms with Crippen LogP contribution in [0.4, 0.5) is 5.69 Å². The van der Waals surface area contributed by atoms with Gasteiger partial charge in [0.1, 0.15) is 11.0 Å². The largest absolute Gasteiger partial charge is 0.367 e. The van der Waals surface area contributed by atoms with Crippen molar-refractivity contribution >= 4 is 40.0 Å². The summed E-state index contributed by atoms with van der Waals surface area (Å²) in [6, 6.07) is 8.82. The van der Waals surface area contributed by atoms with Crippen LogP contribution >= 0.6 is 11.7 Å². The van der Waals surface area contributed by atoms with Crippen molar-refractivity contribution in [3.05, 3.63) is 52.6 Å². The normalized spacial score (nSPS) is 16.9. The lowest BCUT2D eigenvalue weighted by molar-refractivity contribution is 0.0980. The van der Waals surface area contributed by atoms with E-state index in [1.54, 1.807) is 24.3 Å². The Hall–Kier alpha value is -2.64. The fourth-order valence-electron chi connectivity index (χ4n) is 3.64. The van der Waals surface area contributed by atoms with Crippen LogP contribution in [-0.2, 0) is 0 Å². The van der Waals surface area contributed by atoms with Crippen LogP contribution in [0, 0.1) is 0 Å². The number of carbonyl (C=O) groups is 2.